The number of hydrogen-bond acceptors (Lipinski definition) is 11. The van der Waals surface area contributed by atoms with Crippen molar-refractivity contribution in [3.63, 3.8) is 0 Å². The van der Waals surface area contributed by atoms with Crippen molar-refractivity contribution in [3.8, 4) is 23.2 Å². The third-order valence-electron chi connectivity index (χ3n) is 10.3. The van der Waals surface area contributed by atoms with E-state index < -0.39 is 23.9 Å². The third kappa shape index (κ3) is 4.94. The van der Waals surface area contributed by atoms with Gasteiger partial charge in [-0.2, -0.15) is 15.2 Å². The molecule has 6 heterocycles. The summed E-state index contributed by atoms with van der Waals surface area (Å²) >= 11 is 0. The summed E-state index contributed by atoms with van der Waals surface area (Å²) in [6, 6.07) is 4.32. The van der Waals surface area contributed by atoms with Gasteiger partial charge >= 0.3 is 6.01 Å². The van der Waals surface area contributed by atoms with Gasteiger partial charge in [0.15, 0.2) is 5.82 Å². The van der Waals surface area contributed by atoms with Crippen LogP contribution >= 0.6 is 0 Å². The molecule has 4 aliphatic heterocycles. The van der Waals surface area contributed by atoms with E-state index in [-0.39, 0.29) is 83.0 Å². The van der Waals surface area contributed by atoms with E-state index in [0.29, 0.717) is 54.9 Å². The second-order valence-corrected chi connectivity index (χ2v) is 13.5. The molecule has 5 atom stereocenters. The van der Waals surface area contributed by atoms with Gasteiger partial charge in [-0.1, -0.05) is 0 Å². The fourth-order valence-corrected chi connectivity index (χ4v) is 8.28. The monoisotopic (exact) mass is 663 g/mol. The number of aromatic nitrogens is 2. The molecule has 8 rings (SSSR count). The molecule has 0 spiro atoms. The van der Waals surface area contributed by atoms with E-state index in [9.17, 15) is 14.8 Å². The molecule has 252 valence electrons. The molecule has 11 nitrogen and oxygen atoms in total. The lowest BCUT2D eigenvalue weighted by molar-refractivity contribution is 0.111. The molecule has 4 aromatic rings. The number of likely N-dealkylation sites (tertiary alicyclic amines) is 2. The number of fused-ring (bicyclic) bond motifs is 6. The van der Waals surface area contributed by atoms with Crippen LogP contribution in [0.3, 0.4) is 0 Å². The maximum Gasteiger partial charge on any atom is 0.319 e. The van der Waals surface area contributed by atoms with Crippen molar-refractivity contribution in [2.24, 2.45) is 0 Å². The number of alkyl halides is 1. The summed E-state index contributed by atoms with van der Waals surface area (Å²) in [4.78, 5) is 15.9. The Hall–Kier alpha value is -4.16. The number of aliphatic hydroxyl groups is 1. The lowest BCUT2D eigenvalue weighted by Gasteiger charge is -2.42. The summed E-state index contributed by atoms with van der Waals surface area (Å²) in [5.41, 5.74) is 6.83. The predicted octanol–water partition coefficient (Wildman–Crippen LogP) is 4.26. The molecule has 4 aliphatic rings. The van der Waals surface area contributed by atoms with Gasteiger partial charge in [0, 0.05) is 55.4 Å². The van der Waals surface area contributed by atoms with Crippen LogP contribution in [0.15, 0.2) is 16.5 Å². The number of anilines is 2. The fourth-order valence-electron chi connectivity index (χ4n) is 8.28. The SMILES string of the molecule is CC(O)CN1CC2CCC(C1)N2c1nc(OC[C@@H]2C[C@@H](F)CN2C)nc2c(F)c(-c3c(F)ccc4oc(N)c(C#N)c34)c3c(c12)COC3. The first-order valence-corrected chi connectivity index (χ1v) is 16.3. The zero-order valence-corrected chi connectivity index (χ0v) is 26.7. The highest BCUT2D eigenvalue weighted by atomic mass is 19.1. The Balaban J connectivity index is 1.34. The molecule has 3 saturated heterocycles. The molecule has 0 radical (unpaired) electrons. The summed E-state index contributed by atoms with van der Waals surface area (Å²) in [7, 11) is 1.83. The largest absolute Gasteiger partial charge is 0.462 e. The minimum absolute atomic E-state index is 0.00764. The van der Waals surface area contributed by atoms with Crippen LogP contribution in [0.25, 0.3) is 33.0 Å². The molecule has 3 fully saturated rings. The minimum Gasteiger partial charge on any atom is -0.462 e. The van der Waals surface area contributed by atoms with Crippen molar-refractivity contribution in [1.82, 2.24) is 19.8 Å². The van der Waals surface area contributed by atoms with Crippen LogP contribution in [0.5, 0.6) is 6.01 Å². The normalized spacial score (nSPS) is 24.9. The molecule has 0 aliphatic carbocycles. The van der Waals surface area contributed by atoms with Crippen molar-refractivity contribution in [2.75, 3.05) is 50.5 Å². The van der Waals surface area contributed by atoms with Gasteiger partial charge in [0.25, 0.3) is 0 Å². The smallest absolute Gasteiger partial charge is 0.319 e. The standard InChI is InChI=1S/C34H36F3N7O4/c1-16(45)9-43-11-18-3-4-19(12-43)44(18)33-28-23-15-46-14-22(23)27(29-24(36)5-6-25-26(29)21(8-38)32(39)48-25)30(37)31(28)40-34(41-33)47-13-20-7-17(35)10-42(20)2/h5-6,16-20,45H,3-4,7,9-15,39H2,1-2H3/t16?,17-,18?,19?,20+/m1/s1. The molecule has 14 heteroatoms. The van der Waals surface area contributed by atoms with Crippen LogP contribution in [0, 0.1) is 23.0 Å². The molecule has 0 saturated carbocycles. The molecule has 3 unspecified atom stereocenters. The first-order chi connectivity index (χ1) is 23.1. The van der Waals surface area contributed by atoms with E-state index in [1.165, 1.54) is 6.07 Å². The zero-order valence-electron chi connectivity index (χ0n) is 26.7. The number of hydrogen-bond donors (Lipinski definition) is 2. The molecular formula is C34H36F3N7O4. The highest BCUT2D eigenvalue weighted by molar-refractivity contribution is 6.05. The lowest BCUT2D eigenvalue weighted by Crippen LogP contribution is -2.55. The molecule has 3 N–H and O–H groups in total. The van der Waals surface area contributed by atoms with Crippen LogP contribution in [-0.2, 0) is 18.0 Å². The van der Waals surface area contributed by atoms with E-state index in [1.807, 2.05) is 18.0 Å². The van der Waals surface area contributed by atoms with E-state index in [4.69, 9.17) is 24.6 Å². The lowest BCUT2D eigenvalue weighted by atomic mass is 9.90. The van der Waals surface area contributed by atoms with Crippen molar-refractivity contribution in [2.45, 2.75) is 69.8 Å². The number of β-amino-alcohol motifs (C(OH)–C–C–N with tert-alkyl or cyclic N) is 1. The number of likely N-dealkylation sites (N-methyl/N-ethyl adjacent to an activating group) is 1. The summed E-state index contributed by atoms with van der Waals surface area (Å²) in [6.07, 6.45) is 0.630. The molecular weight excluding hydrogens is 627 g/mol. The van der Waals surface area contributed by atoms with Gasteiger partial charge in [-0.15, -0.1) is 0 Å². The summed E-state index contributed by atoms with van der Waals surface area (Å²) in [6.45, 7) is 4.23. The number of nitrogen functional groups attached to an aromatic ring is 1. The predicted molar refractivity (Wildman–Crippen MR) is 171 cm³/mol. The maximum atomic E-state index is 17.3. The van der Waals surface area contributed by atoms with Gasteiger partial charge in [-0.05, 0) is 56.5 Å². The summed E-state index contributed by atoms with van der Waals surface area (Å²) in [5, 5.41) is 20.5. The van der Waals surface area contributed by atoms with Gasteiger partial charge in [0.05, 0.1) is 30.1 Å². The Morgan fingerprint density at radius 2 is 1.85 bits per heavy atom. The van der Waals surface area contributed by atoms with Gasteiger partial charge in [0.2, 0.25) is 5.88 Å². The summed E-state index contributed by atoms with van der Waals surface area (Å²) in [5.74, 6) is -1.24. The Morgan fingerprint density at radius 1 is 1.10 bits per heavy atom. The van der Waals surface area contributed by atoms with Crippen molar-refractivity contribution < 1.29 is 32.2 Å². The molecule has 0 amide bonds. The van der Waals surface area contributed by atoms with Gasteiger partial charge in [0.1, 0.15) is 47.1 Å². The number of piperazine rings is 1. The molecule has 48 heavy (non-hydrogen) atoms. The number of nitrogens with two attached hydrogens (primary N) is 1. The second-order valence-electron chi connectivity index (χ2n) is 13.5. The van der Waals surface area contributed by atoms with E-state index >= 15 is 8.78 Å². The quantitative estimate of drug-likeness (QED) is 0.294. The number of nitriles is 1. The van der Waals surface area contributed by atoms with E-state index in [0.717, 1.165) is 18.9 Å². The Morgan fingerprint density at radius 3 is 2.54 bits per heavy atom. The highest BCUT2D eigenvalue weighted by Crippen LogP contribution is 2.48. The first kappa shape index (κ1) is 31.1. The Labute approximate surface area is 274 Å². The molecule has 2 bridgehead atoms. The van der Waals surface area contributed by atoms with Gasteiger partial charge in [-0.3, -0.25) is 9.80 Å². The Kier molecular flexibility index (Phi) is 7.63. The average molecular weight is 664 g/mol. The number of halogens is 3. The van der Waals surface area contributed by atoms with Gasteiger partial charge < -0.3 is 29.6 Å². The van der Waals surface area contributed by atoms with Crippen LogP contribution < -0.4 is 15.4 Å². The van der Waals surface area contributed by atoms with Gasteiger partial charge in [-0.25, -0.2) is 13.2 Å². The minimum atomic E-state index is -0.972. The second kappa shape index (κ2) is 11.8. The maximum absolute atomic E-state index is 17.3. The topological polar surface area (TPSA) is 137 Å². The fraction of sp³-hybridized carbons (Fsp3) is 0.500. The van der Waals surface area contributed by atoms with E-state index in [1.54, 1.807) is 6.92 Å². The molecule has 2 aromatic carbocycles. The van der Waals surface area contributed by atoms with E-state index in [2.05, 4.69) is 14.8 Å². The first-order valence-electron chi connectivity index (χ1n) is 16.3. The Bertz CT molecular complexity index is 1970. The number of aliphatic hydroxyl groups excluding tert-OH is 1. The number of benzene rings is 2. The third-order valence-corrected chi connectivity index (χ3v) is 10.3. The zero-order chi connectivity index (χ0) is 33.4. The van der Waals surface area contributed by atoms with Crippen LogP contribution in [-0.4, -0.2) is 95.1 Å². The van der Waals surface area contributed by atoms with Crippen molar-refractivity contribution in [1.29, 1.82) is 5.26 Å². The highest BCUT2D eigenvalue weighted by Gasteiger charge is 2.43. The number of rotatable bonds is 7. The molecule has 2 aromatic heterocycles. The van der Waals surface area contributed by atoms with Crippen LogP contribution in [0.4, 0.5) is 24.9 Å². The van der Waals surface area contributed by atoms with Crippen LogP contribution in [0.1, 0.15) is 42.9 Å². The number of furan rings is 1. The van der Waals surface area contributed by atoms with Crippen LogP contribution in [0.2, 0.25) is 0 Å². The number of ether oxygens (including phenoxy) is 2. The van der Waals surface area contributed by atoms with Crippen molar-refractivity contribution in [3.05, 3.63) is 40.5 Å². The number of nitrogens with zero attached hydrogens (tertiary/aromatic N) is 6. The average Bonchev–Trinajstić information content (AvgIpc) is 3.79. The van der Waals surface area contributed by atoms with Crippen molar-refractivity contribution >= 4 is 33.6 Å². The summed E-state index contributed by atoms with van der Waals surface area (Å²) < 4.78 is 65.0.